The summed E-state index contributed by atoms with van der Waals surface area (Å²) in [6.07, 6.45) is 2.72. The van der Waals surface area contributed by atoms with Gasteiger partial charge in [0.2, 0.25) is 5.91 Å². The van der Waals surface area contributed by atoms with Crippen molar-refractivity contribution in [3.05, 3.63) is 59.7 Å². The number of benzene rings is 2. The third kappa shape index (κ3) is 5.33. The van der Waals surface area contributed by atoms with E-state index in [2.05, 4.69) is 10.6 Å². The van der Waals surface area contributed by atoms with Gasteiger partial charge in [-0.15, -0.1) is 0 Å². The number of rotatable bonds is 7. The zero-order valence-corrected chi connectivity index (χ0v) is 14.8. The number of nitrogens with one attached hydrogen (secondary N) is 2. The van der Waals surface area contributed by atoms with Crippen molar-refractivity contribution in [1.82, 2.24) is 5.32 Å². The molecule has 0 saturated carbocycles. The number of anilines is 1. The predicted octanol–water partition coefficient (Wildman–Crippen LogP) is 3.90. The van der Waals surface area contributed by atoms with E-state index < -0.39 is 0 Å². The van der Waals surface area contributed by atoms with Crippen LogP contribution in [0.5, 0.6) is 5.75 Å². The molecule has 1 saturated heterocycles. The molecule has 1 heterocycles. The van der Waals surface area contributed by atoms with Crippen molar-refractivity contribution >= 4 is 11.6 Å². The average Bonchev–Trinajstić information content (AvgIpc) is 3.15. The Morgan fingerprint density at radius 3 is 2.80 bits per heavy atom. The Morgan fingerprint density at radius 1 is 1.24 bits per heavy atom. The van der Waals surface area contributed by atoms with Gasteiger partial charge in [0.15, 0.2) is 0 Å². The minimum Gasteiger partial charge on any atom is -0.489 e. The molecule has 1 aliphatic rings. The number of aryl methyl sites for hydroxylation is 1. The Hall–Kier alpha value is -2.33. The van der Waals surface area contributed by atoms with E-state index in [1.807, 2.05) is 55.5 Å². The van der Waals surface area contributed by atoms with E-state index in [-0.39, 0.29) is 5.91 Å². The van der Waals surface area contributed by atoms with Gasteiger partial charge in [-0.25, -0.2) is 0 Å². The van der Waals surface area contributed by atoms with Crippen LogP contribution in [0.2, 0.25) is 0 Å². The van der Waals surface area contributed by atoms with Gasteiger partial charge in [-0.1, -0.05) is 30.3 Å². The molecule has 3 rings (SSSR count). The molecule has 2 N–H and O–H groups in total. The van der Waals surface area contributed by atoms with Gasteiger partial charge in [0.25, 0.3) is 0 Å². The van der Waals surface area contributed by atoms with Gasteiger partial charge in [0, 0.05) is 12.1 Å². The van der Waals surface area contributed by atoms with E-state index in [0.717, 1.165) is 42.1 Å². The Bertz CT molecular complexity index is 694. The largest absolute Gasteiger partial charge is 0.489 e. The molecule has 1 unspecified atom stereocenters. The lowest BCUT2D eigenvalue weighted by molar-refractivity contribution is -0.116. The van der Waals surface area contributed by atoms with Crippen LogP contribution in [0, 0.1) is 12.8 Å². The molecule has 132 valence electrons. The molecule has 1 amide bonds. The zero-order valence-electron chi connectivity index (χ0n) is 14.8. The zero-order chi connectivity index (χ0) is 17.5. The minimum absolute atomic E-state index is 0.0907. The Labute approximate surface area is 149 Å². The summed E-state index contributed by atoms with van der Waals surface area (Å²) in [6.45, 7) is 4.66. The van der Waals surface area contributed by atoms with Crippen molar-refractivity contribution in [3.63, 3.8) is 0 Å². The van der Waals surface area contributed by atoms with Crippen LogP contribution in [0.25, 0.3) is 0 Å². The van der Waals surface area contributed by atoms with Gasteiger partial charge >= 0.3 is 0 Å². The Balaban J connectivity index is 1.49. The standard InChI is InChI=1S/C21H26N2O2/c1-16-13-19(25-15-18-5-3-2-4-6-18)8-9-20(16)23-21(24)10-7-17-11-12-22-14-17/h2-6,8-9,13,17,22H,7,10-12,14-15H2,1H3,(H,23,24). The molecule has 4 nitrogen and oxygen atoms in total. The summed E-state index contributed by atoms with van der Waals surface area (Å²) in [5.74, 6) is 1.55. The summed E-state index contributed by atoms with van der Waals surface area (Å²) in [4.78, 5) is 12.2. The Morgan fingerprint density at radius 2 is 2.08 bits per heavy atom. The quantitative estimate of drug-likeness (QED) is 0.805. The van der Waals surface area contributed by atoms with Gasteiger partial charge in [-0.05, 0) is 68.1 Å². The smallest absolute Gasteiger partial charge is 0.224 e. The van der Waals surface area contributed by atoms with E-state index in [9.17, 15) is 4.79 Å². The van der Waals surface area contributed by atoms with Crippen LogP contribution in [0.3, 0.4) is 0 Å². The van der Waals surface area contributed by atoms with Gasteiger partial charge in [0.05, 0.1) is 0 Å². The topological polar surface area (TPSA) is 50.4 Å². The van der Waals surface area contributed by atoms with E-state index in [4.69, 9.17) is 4.74 Å². The number of hydrogen-bond acceptors (Lipinski definition) is 3. The lowest BCUT2D eigenvalue weighted by atomic mass is 10.0. The third-order valence-corrected chi connectivity index (χ3v) is 4.66. The molecular formula is C21H26N2O2. The fourth-order valence-electron chi connectivity index (χ4n) is 3.12. The lowest BCUT2D eigenvalue weighted by Gasteiger charge is -2.12. The van der Waals surface area contributed by atoms with Crippen molar-refractivity contribution in [2.75, 3.05) is 18.4 Å². The first kappa shape index (κ1) is 17.5. The van der Waals surface area contributed by atoms with Crippen molar-refractivity contribution in [2.24, 2.45) is 5.92 Å². The molecule has 0 spiro atoms. The Kier molecular flexibility index (Phi) is 6.07. The maximum atomic E-state index is 12.2. The summed E-state index contributed by atoms with van der Waals surface area (Å²) in [5.41, 5.74) is 3.02. The van der Waals surface area contributed by atoms with Crippen LogP contribution < -0.4 is 15.4 Å². The summed E-state index contributed by atoms with van der Waals surface area (Å²) >= 11 is 0. The molecule has 4 heteroatoms. The molecule has 2 aromatic carbocycles. The maximum absolute atomic E-state index is 12.2. The van der Waals surface area contributed by atoms with Gasteiger partial charge in [-0.2, -0.15) is 0 Å². The fourth-order valence-corrected chi connectivity index (χ4v) is 3.12. The van der Waals surface area contributed by atoms with Crippen molar-refractivity contribution in [1.29, 1.82) is 0 Å². The van der Waals surface area contributed by atoms with E-state index in [0.29, 0.717) is 18.9 Å². The fraction of sp³-hybridized carbons (Fsp3) is 0.381. The van der Waals surface area contributed by atoms with E-state index in [1.54, 1.807) is 0 Å². The normalized spacial score (nSPS) is 16.6. The SMILES string of the molecule is Cc1cc(OCc2ccccc2)ccc1NC(=O)CCC1CCNC1. The molecule has 1 aliphatic heterocycles. The number of carbonyl (C=O) groups excluding carboxylic acids is 1. The highest BCUT2D eigenvalue weighted by Crippen LogP contribution is 2.23. The molecule has 1 fully saturated rings. The molecule has 1 atom stereocenters. The first-order chi connectivity index (χ1) is 12.2. The molecular weight excluding hydrogens is 312 g/mol. The van der Waals surface area contributed by atoms with Gasteiger partial charge in [0.1, 0.15) is 12.4 Å². The first-order valence-corrected chi connectivity index (χ1v) is 8.98. The van der Waals surface area contributed by atoms with Crippen molar-refractivity contribution in [3.8, 4) is 5.75 Å². The predicted molar refractivity (Wildman–Crippen MR) is 101 cm³/mol. The van der Waals surface area contributed by atoms with E-state index >= 15 is 0 Å². The molecule has 0 radical (unpaired) electrons. The summed E-state index contributed by atoms with van der Waals surface area (Å²) in [5, 5.41) is 6.36. The molecule has 0 aliphatic carbocycles. The van der Waals surface area contributed by atoms with Crippen LogP contribution in [0.1, 0.15) is 30.4 Å². The van der Waals surface area contributed by atoms with Crippen LogP contribution in [-0.4, -0.2) is 19.0 Å². The van der Waals surface area contributed by atoms with E-state index in [1.165, 1.54) is 6.42 Å². The number of amides is 1. The summed E-state index contributed by atoms with van der Waals surface area (Å²) in [6, 6.07) is 15.9. The second-order valence-electron chi connectivity index (χ2n) is 6.70. The molecule has 0 bridgehead atoms. The van der Waals surface area contributed by atoms with Crippen LogP contribution in [0.4, 0.5) is 5.69 Å². The molecule has 2 aromatic rings. The van der Waals surface area contributed by atoms with Gasteiger partial charge < -0.3 is 15.4 Å². The number of hydrogen-bond donors (Lipinski definition) is 2. The first-order valence-electron chi connectivity index (χ1n) is 8.98. The second-order valence-corrected chi connectivity index (χ2v) is 6.70. The lowest BCUT2D eigenvalue weighted by Crippen LogP contribution is -2.15. The highest BCUT2D eigenvalue weighted by molar-refractivity contribution is 5.91. The van der Waals surface area contributed by atoms with Crippen LogP contribution in [-0.2, 0) is 11.4 Å². The van der Waals surface area contributed by atoms with Crippen molar-refractivity contribution < 1.29 is 9.53 Å². The maximum Gasteiger partial charge on any atom is 0.224 e. The monoisotopic (exact) mass is 338 g/mol. The molecule has 0 aromatic heterocycles. The van der Waals surface area contributed by atoms with Gasteiger partial charge in [-0.3, -0.25) is 4.79 Å². The van der Waals surface area contributed by atoms with Crippen LogP contribution in [0.15, 0.2) is 48.5 Å². The minimum atomic E-state index is 0.0907. The van der Waals surface area contributed by atoms with Crippen molar-refractivity contribution in [2.45, 2.75) is 32.8 Å². The number of carbonyl (C=O) groups is 1. The highest BCUT2D eigenvalue weighted by Gasteiger charge is 2.16. The van der Waals surface area contributed by atoms with Crippen LogP contribution >= 0.6 is 0 Å². The summed E-state index contributed by atoms with van der Waals surface area (Å²) in [7, 11) is 0. The third-order valence-electron chi connectivity index (χ3n) is 4.66. The molecule has 25 heavy (non-hydrogen) atoms. The second kappa shape index (κ2) is 8.67. The summed E-state index contributed by atoms with van der Waals surface area (Å²) < 4.78 is 5.83. The highest BCUT2D eigenvalue weighted by atomic mass is 16.5. The number of ether oxygens (including phenoxy) is 1. The average molecular weight is 338 g/mol.